The Morgan fingerprint density at radius 3 is 1.55 bits per heavy atom. The van der Waals surface area contributed by atoms with Crippen LogP contribution in [0.4, 0.5) is 5.69 Å². The molecular weight excluding hydrogens is 502 g/mol. The van der Waals surface area contributed by atoms with E-state index in [1.165, 1.54) is 7.11 Å². The fourth-order valence-corrected chi connectivity index (χ4v) is 4.45. The molecule has 0 amide bonds. The first kappa shape index (κ1) is 30.8. The van der Waals surface area contributed by atoms with Crippen molar-refractivity contribution in [2.24, 2.45) is 0 Å². The van der Waals surface area contributed by atoms with Crippen molar-refractivity contribution in [1.82, 2.24) is 19.6 Å². The Hall–Kier alpha value is -3.46. The van der Waals surface area contributed by atoms with Crippen molar-refractivity contribution in [1.29, 1.82) is 0 Å². The number of anilines is 1. The molecule has 1 aromatic rings. The molecule has 5 N–H and O–H groups in total. The molecule has 0 bridgehead atoms. The van der Waals surface area contributed by atoms with Crippen LogP contribution in [-0.4, -0.2) is 150 Å². The molecule has 1 heterocycles. The number of hydrogen-bond acceptors (Lipinski definition) is 10. The van der Waals surface area contributed by atoms with Crippen LogP contribution in [0, 0.1) is 0 Å². The van der Waals surface area contributed by atoms with Crippen molar-refractivity contribution in [3.8, 4) is 5.75 Å². The van der Waals surface area contributed by atoms with Gasteiger partial charge in [0.05, 0.1) is 26.7 Å². The number of ether oxygens (including phenoxy) is 1. The molecule has 1 aliphatic rings. The summed E-state index contributed by atoms with van der Waals surface area (Å²) in [5, 5.41) is 41.4. The zero-order valence-electron chi connectivity index (χ0n) is 21.7. The largest absolute Gasteiger partial charge is 0.496 e. The number of carboxylic acid groups (broad SMARTS) is 4. The summed E-state index contributed by atoms with van der Waals surface area (Å²) < 4.78 is 5.45. The molecule has 1 aliphatic heterocycles. The van der Waals surface area contributed by atoms with Gasteiger partial charge in [-0.2, -0.15) is 0 Å². The second-order valence-corrected chi connectivity index (χ2v) is 8.99. The number of carboxylic acids is 4. The van der Waals surface area contributed by atoms with Gasteiger partial charge in [-0.25, -0.2) is 0 Å². The fraction of sp³-hybridized carbons (Fsp3) is 0.583. The van der Waals surface area contributed by atoms with Crippen LogP contribution in [0.25, 0.3) is 0 Å². The van der Waals surface area contributed by atoms with Gasteiger partial charge in [0.15, 0.2) is 0 Å². The third-order valence-corrected chi connectivity index (χ3v) is 6.36. The molecule has 38 heavy (non-hydrogen) atoms. The van der Waals surface area contributed by atoms with E-state index in [4.69, 9.17) is 4.74 Å². The van der Waals surface area contributed by atoms with E-state index in [-0.39, 0.29) is 72.0 Å². The Balaban J connectivity index is 2.44. The Labute approximate surface area is 221 Å². The van der Waals surface area contributed by atoms with Crippen LogP contribution in [0.15, 0.2) is 18.2 Å². The lowest BCUT2D eigenvalue weighted by Gasteiger charge is -2.35. The predicted octanol–water partition coefficient (Wildman–Crippen LogP) is -0.662. The van der Waals surface area contributed by atoms with Crippen LogP contribution < -0.4 is 10.1 Å². The molecule has 0 spiro atoms. The quantitative estimate of drug-likeness (QED) is 0.239. The molecule has 1 saturated heterocycles. The van der Waals surface area contributed by atoms with Crippen molar-refractivity contribution in [3.05, 3.63) is 23.8 Å². The second-order valence-electron chi connectivity index (χ2n) is 8.99. The van der Waals surface area contributed by atoms with Crippen LogP contribution in [0.2, 0.25) is 0 Å². The smallest absolute Gasteiger partial charge is 0.325 e. The highest BCUT2D eigenvalue weighted by molar-refractivity contribution is 5.77. The third-order valence-electron chi connectivity index (χ3n) is 6.36. The van der Waals surface area contributed by atoms with E-state index < -0.39 is 29.9 Å². The molecule has 1 unspecified atom stereocenters. The first-order chi connectivity index (χ1) is 18.0. The van der Waals surface area contributed by atoms with Gasteiger partial charge >= 0.3 is 23.9 Å². The molecule has 0 radical (unpaired) electrons. The van der Waals surface area contributed by atoms with Gasteiger partial charge in [0.2, 0.25) is 0 Å². The maximum Gasteiger partial charge on any atom is 0.325 e. The maximum atomic E-state index is 12.6. The molecular formula is C24H37N5O9. The van der Waals surface area contributed by atoms with Crippen molar-refractivity contribution in [3.63, 3.8) is 0 Å². The number of rotatable bonds is 11. The summed E-state index contributed by atoms with van der Waals surface area (Å²) in [5.74, 6) is -3.92. The number of carbonyl (C=O) groups is 4. The van der Waals surface area contributed by atoms with E-state index in [1.807, 2.05) is 0 Å². The van der Waals surface area contributed by atoms with E-state index in [2.05, 4.69) is 5.32 Å². The minimum atomic E-state index is -1.15. The zero-order valence-corrected chi connectivity index (χ0v) is 21.7. The maximum absolute atomic E-state index is 12.6. The summed E-state index contributed by atoms with van der Waals surface area (Å²) in [5.41, 5.74) is 1.08. The topological polar surface area (TPSA) is 183 Å². The lowest BCUT2D eigenvalue weighted by Crippen LogP contribution is -2.49. The van der Waals surface area contributed by atoms with Gasteiger partial charge in [-0.15, -0.1) is 0 Å². The monoisotopic (exact) mass is 539 g/mol. The third kappa shape index (κ3) is 9.78. The average molecular weight is 540 g/mol. The molecule has 0 saturated carbocycles. The molecule has 1 aromatic carbocycles. The molecule has 14 nitrogen and oxygen atoms in total. The van der Waals surface area contributed by atoms with Crippen molar-refractivity contribution in [2.75, 3.05) is 91.5 Å². The molecule has 1 atom stereocenters. The van der Waals surface area contributed by atoms with Crippen LogP contribution in [0.3, 0.4) is 0 Å². The average Bonchev–Trinajstić information content (AvgIpc) is 2.84. The highest BCUT2D eigenvalue weighted by atomic mass is 16.5. The number of aliphatic carboxylic acids is 4. The Morgan fingerprint density at radius 1 is 0.789 bits per heavy atom. The molecule has 0 aliphatic carbocycles. The van der Waals surface area contributed by atoms with Crippen molar-refractivity contribution in [2.45, 2.75) is 6.04 Å². The van der Waals surface area contributed by atoms with Gasteiger partial charge in [0.1, 0.15) is 11.8 Å². The first-order valence-electron chi connectivity index (χ1n) is 12.2. The number of methoxy groups -OCH3 is 1. The summed E-state index contributed by atoms with van der Waals surface area (Å²) in [7, 11) is 3.15. The summed E-state index contributed by atoms with van der Waals surface area (Å²) in [4.78, 5) is 53.6. The van der Waals surface area contributed by atoms with Crippen LogP contribution in [-0.2, 0) is 19.2 Å². The summed E-state index contributed by atoms with van der Waals surface area (Å²) >= 11 is 0. The van der Waals surface area contributed by atoms with Gasteiger partial charge in [-0.3, -0.25) is 38.8 Å². The van der Waals surface area contributed by atoms with Gasteiger partial charge < -0.3 is 30.5 Å². The van der Waals surface area contributed by atoms with Crippen LogP contribution >= 0.6 is 0 Å². The van der Waals surface area contributed by atoms with E-state index in [0.29, 0.717) is 17.0 Å². The van der Waals surface area contributed by atoms with Gasteiger partial charge in [-0.05, 0) is 18.2 Å². The lowest BCUT2D eigenvalue weighted by molar-refractivity contribution is -0.145. The van der Waals surface area contributed by atoms with Gasteiger partial charge in [-0.1, -0.05) is 0 Å². The van der Waals surface area contributed by atoms with Gasteiger partial charge in [0.25, 0.3) is 0 Å². The predicted molar refractivity (Wildman–Crippen MR) is 137 cm³/mol. The van der Waals surface area contributed by atoms with E-state index in [9.17, 15) is 39.6 Å². The molecule has 1 fully saturated rings. The molecule has 2 rings (SSSR count). The van der Waals surface area contributed by atoms with Crippen molar-refractivity contribution >= 4 is 29.6 Å². The number of nitrogens with one attached hydrogen (secondary N) is 1. The number of nitrogens with zero attached hydrogens (tertiary/aromatic N) is 4. The van der Waals surface area contributed by atoms with Gasteiger partial charge in [0, 0.05) is 70.7 Å². The van der Waals surface area contributed by atoms with Crippen molar-refractivity contribution < 1.29 is 44.3 Å². The minimum Gasteiger partial charge on any atom is -0.496 e. The summed E-state index contributed by atoms with van der Waals surface area (Å²) in [6, 6.07) is 3.95. The number of hydrogen-bond donors (Lipinski definition) is 5. The summed E-state index contributed by atoms with van der Waals surface area (Å²) in [6.07, 6.45) is 0. The molecule has 212 valence electrons. The summed E-state index contributed by atoms with van der Waals surface area (Å²) in [6.45, 7) is 0.845. The highest BCUT2D eigenvalue weighted by Crippen LogP contribution is 2.32. The van der Waals surface area contributed by atoms with Crippen LogP contribution in [0.5, 0.6) is 5.75 Å². The molecule has 14 heteroatoms. The number of benzene rings is 1. The zero-order chi connectivity index (χ0) is 28.2. The molecule has 0 aromatic heterocycles. The lowest BCUT2D eigenvalue weighted by atomic mass is 10.0. The highest BCUT2D eigenvalue weighted by Gasteiger charge is 2.32. The first-order valence-corrected chi connectivity index (χ1v) is 12.2. The standard InChI is InChI=1S/C24H37N5O9/c1-25-17-3-4-19(38-2)18(13-17)23(24(36)37)29-11-9-27(15-21(32)33)7-5-26(14-20(30)31)6-8-28(10-12-29)16-22(34)35/h3-4,13,23,25H,5-12,14-16H2,1-2H3,(H,30,31)(H,32,33)(H,34,35)(H,36,37). The van der Waals surface area contributed by atoms with E-state index in [0.717, 1.165) is 0 Å². The minimum absolute atomic E-state index is 0.164. The second kappa shape index (κ2) is 15.1. The SMILES string of the molecule is CNc1ccc(OC)c(C(C(=O)O)N2CCN(CC(=O)O)CCN(CC(=O)O)CCN(CC(=O)O)CC2)c1. The Bertz CT molecular complexity index is 945. The van der Waals surface area contributed by atoms with E-state index >= 15 is 0 Å². The Morgan fingerprint density at radius 2 is 1.21 bits per heavy atom. The Kier molecular flexibility index (Phi) is 12.2. The normalized spacial score (nSPS) is 18.1. The van der Waals surface area contributed by atoms with E-state index in [1.54, 1.807) is 44.8 Å². The van der Waals surface area contributed by atoms with Crippen LogP contribution in [0.1, 0.15) is 11.6 Å². The fourth-order valence-electron chi connectivity index (χ4n) is 4.45.